The van der Waals surface area contributed by atoms with E-state index in [-0.39, 0.29) is 29.0 Å². The van der Waals surface area contributed by atoms with Gasteiger partial charge in [0.2, 0.25) is 0 Å². The first-order chi connectivity index (χ1) is 21.9. The molecule has 0 aliphatic heterocycles. The molecule has 1 amide bonds. The molecule has 12 heteroatoms. The van der Waals surface area contributed by atoms with Gasteiger partial charge in [-0.3, -0.25) is 19.2 Å². The third kappa shape index (κ3) is 7.17. The van der Waals surface area contributed by atoms with E-state index in [1.165, 1.54) is 55.6 Å². The lowest BCUT2D eigenvalue weighted by molar-refractivity contribution is -0.160. The van der Waals surface area contributed by atoms with Crippen molar-refractivity contribution >= 4 is 29.5 Å². The monoisotopic (exact) mass is 635 g/mol. The minimum Gasteiger partial charge on any atom is -0.494 e. The van der Waals surface area contributed by atoms with Crippen LogP contribution in [-0.4, -0.2) is 47.7 Å². The van der Waals surface area contributed by atoms with Gasteiger partial charge in [0.25, 0.3) is 5.91 Å². The SMILES string of the molecule is COc1c(CC(=O)OCCC(C(=O)O)(C(=O)O)c2ccccc2)cccc1NC(=O)c1ccccc1-c1ccc(C(F)(F)F)cc1. The van der Waals surface area contributed by atoms with E-state index < -0.39 is 54.0 Å². The summed E-state index contributed by atoms with van der Waals surface area (Å²) < 4.78 is 49.8. The first kappa shape index (κ1) is 33.2. The highest BCUT2D eigenvalue weighted by molar-refractivity contribution is 6.09. The summed E-state index contributed by atoms with van der Waals surface area (Å²) in [4.78, 5) is 50.3. The average Bonchev–Trinajstić information content (AvgIpc) is 3.03. The molecule has 0 saturated heterocycles. The number of ether oxygens (including phenoxy) is 2. The number of alkyl halides is 3. The van der Waals surface area contributed by atoms with Crippen molar-refractivity contribution in [3.63, 3.8) is 0 Å². The molecule has 0 atom stereocenters. The fourth-order valence-corrected chi connectivity index (χ4v) is 4.97. The number of aliphatic carboxylic acids is 2. The van der Waals surface area contributed by atoms with Crippen LogP contribution in [-0.2, 0) is 37.1 Å². The highest BCUT2D eigenvalue weighted by atomic mass is 19.4. The van der Waals surface area contributed by atoms with Gasteiger partial charge in [0, 0.05) is 17.5 Å². The highest BCUT2D eigenvalue weighted by Gasteiger charge is 2.48. The highest BCUT2D eigenvalue weighted by Crippen LogP contribution is 2.34. The van der Waals surface area contributed by atoms with E-state index in [0.29, 0.717) is 16.7 Å². The molecule has 0 saturated carbocycles. The van der Waals surface area contributed by atoms with Crippen LogP contribution in [0.1, 0.15) is 33.5 Å². The number of halogens is 3. The number of carboxylic acids is 2. The van der Waals surface area contributed by atoms with E-state index in [1.54, 1.807) is 36.4 Å². The van der Waals surface area contributed by atoms with Crippen molar-refractivity contribution in [1.82, 2.24) is 0 Å². The minimum atomic E-state index is -4.51. The van der Waals surface area contributed by atoms with Crippen LogP contribution in [0.4, 0.5) is 18.9 Å². The van der Waals surface area contributed by atoms with Crippen molar-refractivity contribution in [3.05, 3.63) is 119 Å². The lowest BCUT2D eigenvalue weighted by atomic mass is 9.78. The molecule has 0 bridgehead atoms. The molecule has 3 N–H and O–H groups in total. The van der Waals surface area contributed by atoms with Gasteiger partial charge in [-0.25, -0.2) is 0 Å². The molecule has 4 aromatic carbocycles. The largest absolute Gasteiger partial charge is 0.494 e. The number of esters is 1. The summed E-state index contributed by atoms with van der Waals surface area (Å²) in [7, 11) is 1.32. The van der Waals surface area contributed by atoms with E-state index in [1.807, 2.05) is 0 Å². The third-order valence-electron chi connectivity index (χ3n) is 7.32. The first-order valence-electron chi connectivity index (χ1n) is 13.8. The molecule has 4 rings (SSSR count). The maximum atomic E-state index is 13.4. The Hall–Kier alpha value is -5.65. The molecule has 0 aliphatic rings. The Morgan fingerprint density at radius 1 is 0.761 bits per heavy atom. The Morgan fingerprint density at radius 2 is 1.39 bits per heavy atom. The number of carboxylic acid groups (broad SMARTS) is 2. The molecule has 0 radical (unpaired) electrons. The number of carbonyl (C=O) groups excluding carboxylic acids is 2. The Kier molecular flexibility index (Phi) is 10.1. The Labute approximate surface area is 261 Å². The molecule has 0 heterocycles. The predicted molar refractivity (Wildman–Crippen MR) is 160 cm³/mol. The van der Waals surface area contributed by atoms with Crippen molar-refractivity contribution in [2.45, 2.75) is 24.4 Å². The zero-order chi connectivity index (χ0) is 33.5. The van der Waals surface area contributed by atoms with E-state index >= 15 is 0 Å². The van der Waals surface area contributed by atoms with Crippen LogP contribution >= 0.6 is 0 Å². The number of para-hydroxylation sites is 1. The van der Waals surface area contributed by atoms with Crippen LogP contribution < -0.4 is 10.1 Å². The molecule has 0 aromatic heterocycles. The van der Waals surface area contributed by atoms with Crippen LogP contribution in [0.5, 0.6) is 5.75 Å². The minimum absolute atomic E-state index is 0.0241. The quantitative estimate of drug-likeness (QED) is 0.123. The van der Waals surface area contributed by atoms with Crippen molar-refractivity contribution in [3.8, 4) is 16.9 Å². The topological polar surface area (TPSA) is 139 Å². The van der Waals surface area contributed by atoms with Crippen molar-refractivity contribution in [1.29, 1.82) is 0 Å². The standard InChI is InChI=1S/C34H28F3NO8/c1-45-29-22(20-28(39)46-19-18-33(31(41)42,32(43)44)23-9-3-2-4-10-23)8-7-13-27(29)38-30(40)26-12-6-5-11-25(26)21-14-16-24(17-15-21)34(35,36)37/h2-17H,18-20H2,1H3,(H,38,40)(H,41,42)(H,43,44). The van der Waals surface area contributed by atoms with Crippen molar-refractivity contribution < 1.29 is 52.0 Å². The van der Waals surface area contributed by atoms with Gasteiger partial charge in [-0.15, -0.1) is 0 Å². The third-order valence-corrected chi connectivity index (χ3v) is 7.32. The molecular weight excluding hydrogens is 607 g/mol. The first-order valence-corrected chi connectivity index (χ1v) is 13.8. The van der Waals surface area contributed by atoms with Crippen LogP contribution in [0.3, 0.4) is 0 Å². The van der Waals surface area contributed by atoms with Gasteiger partial charge in [0.15, 0.2) is 5.41 Å². The molecular formula is C34H28F3NO8. The second-order valence-corrected chi connectivity index (χ2v) is 10.1. The summed E-state index contributed by atoms with van der Waals surface area (Å²) in [5.74, 6) is -4.46. The lowest BCUT2D eigenvalue weighted by Gasteiger charge is -2.25. The van der Waals surface area contributed by atoms with E-state index in [0.717, 1.165) is 12.1 Å². The predicted octanol–water partition coefficient (Wildman–Crippen LogP) is 6.22. The number of methoxy groups -OCH3 is 1. The number of amides is 1. The fraction of sp³-hybridized carbons (Fsp3) is 0.176. The van der Waals surface area contributed by atoms with Gasteiger partial charge in [-0.2, -0.15) is 13.2 Å². The molecule has 0 unspecified atom stereocenters. The van der Waals surface area contributed by atoms with Crippen LogP contribution in [0.15, 0.2) is 97.1 Å². The molecule has 0 spiro atoms. The van der Waals surface area contributed by atoms with Crippen molar-refractivity contribution in [2.24, 2.45) is 0 Å². The normalized spacial score (nSPS) is 11.4. The number of rotatable bonds is 12. The summed E-state index contributed by atoms with van der Waals surface area (Å²) in [5.41, 5.74) is -1.67. The molecule has 0 aliphatic carbocycles. The van der Waals surface area contributed by atoms with E-state index in [4.69, 9.17) is 9.47 Å². The average molecular weight is 636 g/mol. The van der Waals surface area contributed by atoms with Gasteiger partial charge in [-0.05, 0) is 41.0 Å². The van der Waals surface area contributed by atoms with E-state index in [9.17, 15) is 42.6 Å². The summed E-state index contributed by atoms with van der Waals surface area (Å²) in [6.07, 6.45) is -5.39. The van der Waals surface area contributed by atoms with Gasteiger partial charge < -0.3 is 25.0 Å². The Morgan fingerprint density at radius 3 is 2.00 bits per heavy atom. The lowest BCUT2D eigenvalue weighted by Crippen LogP contribution is -2.45. The number of carbonyl (C=O) groups is 4. The van der Waals surface area contributed by atoms with Crippen LogP contribution in [0.25, 0.3) is 11.1 Å². The second-order valence-electron chi connectivity index (χ2n) is 10.1. The van der Waals surface area contributed by atoms with Crippen LogP contribution in [0.2, 0.25) is 0 Å². The number of hydrogen-bond donors (Lipinski definition) is 3. The summed E-state index contributed by atoms with van der Waals surface area (Å²) in [6, 6.07) is 22.8. The van der Waals surface area contributed by atoms with Crippen molar-refractivity contribution in [2.75, 3.05) is 19.0 Å². The summed E-state index contributed by atoms with van der Waals surface area (Å²) in [6.45, 7) is -0.508. The van der Waals surface area contributed by atoms with Gasteiger partial charge in [0.1, 0.15) is 5.75 Å². The fourth-order valence-electron chi connectivity index (χ4n) is 4.97. The molecule has 46 heavy (non-hydrogen) atoms. The van der Waals surface area contributed by atoms with Gasteiger partial charge in [-0.1, -0.05) is 72.8 Å². The molecule has 0 fully saturated rings. The molecule has 4 aromatic rings. The smallest absolute Gasteiger partial charge is 0.416 e. The summed E-state index contributed by atoms with van der Waals surface area (Å²) >= 11 is 0. The zero-order valence-electron chi connectivity index (χ0n) is 24.3. The van der Waals surface area contributed by atoms with E-state index in [2.05, 4.69) is 5.32 Å². The Balaban J connectivity index is 1.49. The number of hydrogen-bond acceptors (Lipinski definition) is 6. The van der Waals surface area contributed by atoms with Crippen LogP contribution in [0, 0.1) is 0 Å². The van der Waals surface area contributed by atoms with Gasteiger partial charge in [0.05, 0.1) is 31.4 Å². The Bertz CT molecular complexity index is 1720. The number of benzene rings is 4. The number of nitrogens with one attached hydrogen (secondary N) is 1. The second kappa shape index (κ2) is 14.0. The maximum absolute atomic E-state index is 13.4. The molecule has 238 valence electrons. The summed E-state index contributed by atoms with van der Waals surface area (Å²) in [5, 5.41) is 22.3. The zero-order valence-corrected chi connectivity index (χ0v) is 24.3. The number of anilines is 1. The van der Waals surface area contributed by atoms with Gasteiger partial charge >= 0.3 is 24.1 Å². The molecule has 9 nitrogen and oxygen atoms in total. The maximum Gasteiger partial charge on any atom is 0.416 e.